The maximum absolute atomic E-state index is 12.9. The fraction of sp³-hybridized carbons (Fsp3) is 0.417. The molecule has 0 heterocycles. The van der Waals surface area contributed by atoms with E-state index in [1.807, 2.05) is 31.2 Å². The summed E-state index contributed by atoms with van der Waals surface area (Å²) in [6, 6.07) is 16.3. The molecule has 4 nitrogen and oxygen atoms in total. The Morgan fingerprint density at radius 1 is 1.00 bits per heavy atom. The van der Waals surface area contributed by atoms with Gasteiger partial charge in [-0.3, -0.25) is 4.79 Å². The summed E-state index contributed by atoms with van der Waals surface area (Å²) in [5, 5.41) is 3.04. The number of esters is 1. The topological polar surface area (TPSA) is 55.4 Å². The summed E-state index contributed by atoms with van der Waals surface area (Å²) < 4.78 is 5.28. The van der Waals surface area contributed by atoms with Crippen molar-refractivity contribution in [2.24, 2.45) is 0 Å². The molecule has 0 bridgehead atoms. The summed E-state index contributed by atoms with van der Waals surface area (Å²) in [6.45, 7) is 4.14. The second-order valence-electron chi connectivity index (χ2n) is 7.60. The molecule has 3 rings (SSSR count). The lowest BCUT2D eigenvalue weighted by molar-refractivity contribution is -0.155. The summed E-state index contributed by atoms with van der Waals surface area (Å²) in [6.07, 6.45) is 4.52. The van der Waals surface area contributed by atoms with Crippen molar-refractivity contribution in [2.45, 2.75) is 57.9 Å². The highest BCUT2D eigenvalue weighted by Crippen LogP contribution is 2.30. The van der Waals surface area contributed by atoms with Gasteiger partial charge in [0.25, 0.3) is 0 Å². The Balaban J connectivity index is 1.77. The van der Waals surface area contributed by atoms with E-state index in [4.69, 9.17) is 4.74 Å². The van der Waals surface area contributed by atoms with Crippen LogP contribution in [0.4, 0.5) is 0 Å². The lowest BCUT2D eigenvalue weighted by Gasteiger charge is -2.35. The minimum Gasteiger partial charge on any atom is -0.464 e. The monoisotopic (exact) mass is 379 g/mol. The largest absolute Gasteiger partial charge is 0.464 e. The number of carbonyl (C=O) groups is 2. The molecule has 2 aromatic carbocycles. The standard InChI is InChI=1S/C24H29NO3/c1-3-28-23(27)24(14-8-5-9-15-24)25-22(26)17-21-16-20(13-12-18(21)2)19-10-6-4-7-11-19/h4,6-7,10-13,16H,3,5,8-9,14-15,17H2,1-2H3,(H,25,26). The van der Waals surface area contributed by atoms with Crippen molar-refractivity contribution in [1.29, 1.82) is 0 Å². The third-order valence-electron chi connectivity index (χ3n) is 5.56. The molecule has 1 N–H and O–H groups in total. The summed E-state index contributed by atoms with van der Waals surface area (Å²) >= 11 is 0. The van der Waals surface area contributed by atoms with Gasteiger partial charge in [0.05, 0.1) is 13.0 Å². The van der Waals surface area contributed by atoms with Crippen molar-refractivity contribution >= 4 is 11.9 Å². The van der Waals surface area contributed by atoms with Gasteiger partial charge in [-0.15, -0.1) is 0 Å². The fourth-order valence-corrected chi connectivity index (χ4v) is 3.96. The maximum Gasteiger partial charge on any atom is 0.331 e. The maximum atomic E-state index is 12.9. The number of rotatable bonds is 6. The molecule has 148 valence electrons. The van der Waals surface area contributed by atoms with Crippen molar-refractivity contribution in [2.75, 3.05) is 6.61 Å². The molecule has 0 atom stereocenters. The van der Waals surface area contributed by atoms with E-state index in [0.29, 0.717) is 19.4 Å². The van der Waals surface area contributed by atoms with Gasteiger partial charge in [0.15, 0.2) is 0 Å². The van der Waals surface area contributed by atoms with Crippen LogP contribution in [0.15, 0.2) is 48.5 Å². The van der Waals surface area contributed by atoms with E-state index in [-0.39, 0.29) is 18.3 Å². The number of benzene rings is 2. The van der Waals surface area contributed by atoms with Gasteiger partial charge in [0.1, 0.15) is 5.54 Å². The highest BCUT2D eigenvalue weighted by atomic mass is 16.5. The molecule has 0 radical (unpaired) electrons. The van der Waals surface area contributed by atoms with Crippen LogP contribution < -0.4 is 5.32 Å². The third-order valence-corrected chi connectivity index (χ3v) is 5.56. The zero-order valence-corrected chi connectivity index (χ0v) is 16.8. The van der Waals surface area contributed by atoms with Crippen LogP contribution in [-0.4, -0.2) is 24.0 Å². The van der Waals surface area contributed by atoms with Crippen LogP contribution in [0.3, 0.4) is 0 Å². The first-order chi connectivity index (χ1) is 13.5. The zero-order valence-electron chi connectivity index (χ0n) is 16.8. The van der Waals surface area contributed by atoms with E-state index < -0.39 is 5.54 Å². The Morgan fingerprint density at radius 3 is 2.39 bits per heavy atom. The van der Waals surface area contributed by atoms with Crippen molar-refractivity contribution < 1.29 is 14.3 Å². The van der Waals surface area contributed by atoms with Gasteiger partial charge < -0.3 is 10.1 Å². The molecular weight excluding hydrogens is 350 g/mol. The van der Waals surface area contributed by atoms with Gasteiger partial charge in [-0.2, -0.15) is 0 Å². The molecule has 1 aliphatic carbocycles. The van der Waals surface area contributed by atoms with Gasteiger partial charge in [-0.1, -0.05) is 67.8 Å². The zero-order chi connectivity index (χ0) is 20.0. The van der Waals surface area contributed by atoms with E-state index in [9.17, 15) is 9.59 Å². The minimum absolute atomic E-state index is 0.122. The first kappa shape index (κ1) is 20.1. The first-order valence-corrected chi connectivity index (χ1v) is 10.2. The molecule has 0 aromatic heterocycles. The molecule has 1 saturated carbocycles. The molecule has 0 spiro atoms. The average Bonchev–Trinajstić information content (AvgIpc) is 2.71. The molecule has 0 saturated heterocycles. The lowest BCUT2D eigenvalue weighted by Crippen LogP contribution is -2.56. The number of aryl methyl sites for hydroxylation is 1. The quantitative estimate of drug-likeness (QED) is 0.747. The van der Waals surface area contributed by atoms with Gasteiger partial charge in [-0.25, -0.2) is 4.79 Å². The summed E-state index contributed by atoms with van der Waals surface area (Å²) in [7, 11) is 0. The summed E-state index contributed by atoms with van der Waals surface area (Å²) in [5.41, 5.74) is 3.40. The molecule has 1 amide bonds. The second-order valence-corrected chi connectivity index (χ2v) is 7.60. The Hall–Kier alpha value is -2.62. The SMILES string of the molecule is CCOC(=O)C1(NC(=O)Cc2cc(-c3ccccc3)ccc2C)CCCCC1. The molecule has 4 heteroatoms. The second kappa shape index (κ2) is 9.05. The van der Waals surface area contributed by atoms with E-state index in [1.165, 1.54) is 0 Å². The summed E-state index contributed by atoms with van der Waals surface area (Å²) in [4.78, 5) is 25.5. The van der Waals surface area contributed by atoms with Crippen LogP contribution in [0.25, 0.3) is 11.1 Å². The van der Waals surface area contributed by atoms with Crippen LogP contribution in [0.5, 0.6) is 0 Å². The Bertz CT molecular complexity index is 823. The highest BCUT2D eigenvalue weighted by molar-refractivity contribution is 5.89. The predicted molar refractivity (Wildman–Crippen MR) is 111 cm³/mol. The summed E-state index contributed by atoms with van der Waals surface area (Å²) in [5.74, 6) is -0.416. The van der Waals surface area contributed by atoms with Crippen LogP contribution in [0, 0.1) is 6.92 Å². The highest BCUT2D eigenvalue weighted by Gasteiger charge is 2.42. The predicted octanol–water partition coefficient (Wildman–Crippen LogP) is 4.59. The molecule has 0 aliphatic heterocycles. The van der Waals surface area contributed by atoms with Gasteiger partial charge >= 0.3 is 5.97 Å². The van der Waals surface area contributed by atoms with E-state index >= 15 is 0 Å². The van der Waals surface area contributed by atoms with Gasteiger partial charge in [0.2, 0.25) is 5.91 Å². The van der Waals surface area contributed by atoms with Crippen LogP contribution in [0.2, 0.25) is 0 Å². The number of hydrogen-bond acceptors (Lipinski definition) is 3. The smallest absolute Gasteiger partial charge is 0.331 e. The van der Waals surface area contributed by atoms with Crippen molar-refractivity contribution in [1.82, 2.24) is 5.32 Å². The van der Waals surface area contributed by atoms with E-state index in [1.54, 1.807) is 6.92 Å². The van der Waals surface area contributed by atoms with Crippen molar-refractivity contribution in [3.63, 3.8) is 0 Å². The average molecular weight is 380 g/mol. The van der Waals surface area contributed by atoms with Gasteiger partial charge in [0, 0.05) is 0 Å². The Labute approximate surface area is 167 Å². The van der Waals surface area contributed by atoms with Crippen molar-refractivity contribution in [3.8, 4) is 11.1 Å². The van der Waals surface area contributed by atoms with Gasteiger partial charge in [-0.05, 0) is 48.9 Å². The number of ether oxygens (including phenoxy) is 1. The first-order valence-electron chi connectivity index (χ1n) is 10.2. The minimum atomic E-state index is -0.865. The third kappa shape index (κ3) is 4.61. The molecule has 1 fully saturated rings. The molecule has 2 aromatic rings. The van der Waals surface area contributed by atoms with Crippen LogP contribution >= 0.6 is 0 Å². The Kier molecular flexibility index (Phi) is 6.50. The molecule has 0 unspecified atom stereocenters. The molecule has 1 aliphatic rings. The molecule has 28 heavy (non-hydrogen) atoms. The number of carbonyl (C=O) groups excluding carboxylic acids is 2. The number of nitrogens with one attached hydrogen (secondary N) is 1. The van der Waals surface area contributed by atoms with E-state index in [0.717, 1.165) is 41.5 Å². The molecular formula is C24H29NO3. The van der Waals surface area contributed by atoms with Crippen LogP contribution in [-0.2, 0) is 20.7 Å². The normalized spacial score (nSPS) is 15.6. The van der Waals surface area contributed by atoms with Crippen molar-refractivity contribution in [3.05, 3.63) is 59.7 Å². The van der Waals surface area contributed by atoms with Crippen LogP contribution in [0.1, 0.15) is 50.2 Å². The lowest BCUT2D eigenvalue weighted by atomic mass is 9.81. The number of amides is 1. The fourth-order valence-electron chi connectivity index (χ4n) is 3.96. The number of hydrogen-bond donors (Lipinski definition) is 1. The van der Waals surface area contributed by atoms with E-state index in [2.05, 4.69) is 29.6 Å². The Morgan fingerprint density at radius 2 is 1.71 bits per heavy atom.